The molecular formula is C12H17N5O2S2. The van der Waals surface area contributed by atoms with Crippen molar-refractivity contribution >= 4 is 40.0 Å². The van der Waals surface area contributed by atoms with Crippen molar-refractivity contribution in [1.29, 1.82) is 0 Å². The van der Waals surface area contributed by atoms with E-state index in [2.05, 4.69) is 32.9 Å². The van der Waals surface area contributed by atoms with Gasteiger partial charge in [0.15, 0.2) is 4.34 Å². The summed E-state index contributed by atoms with van der Waals surface area (Å²) in [4.78, 5) is 11.7. The van der Waals surface area contributed by atoms with E-state index in [-0.39, 0.29) is 11.7 Å². The highest BCUT2D eigenvalue weighted by molar-refractivity contribution is 8.01. The third-order valence-corrected chi connectivity index (χ3v) is 4.44. The van der Waals surface area contributed by atoms with E-state index in [0.717, 1.165) is 34.6 Å². The van der Waals surface area contributed by atoms with Gasteiger partial charge in [-0.25, -0.2) is 0 Å². The lowest BCUT2D eigenvalue weighted by atomic mass is 10.3. The van der Waals surface area contributed by atoms with Crippen LogP contribution in [-0.2, 0) is 4.79 Å². The molecule has 21 heavy (non-hydrogen) atoms. The van der Waals surface area contributed by atoms with Gasteiger partial charge in [-0.3, -0.25) is 10.1 Å². The number of carbonyl (C=O) groups is 1. The van der Waals surface area contributed by atoms with Crippen molar-refractivity contribution in [3.8, 4) is 0 Å². The molecule has 0 saturated carbocycles. The van der Waals surface area contributed by atoms with Crippen LogP contribution in [0.25, 0.3) is 0 Å². The number of thioether (sulfide) groups is 1. The van der Waals surface area contributed by atoms with E-state index in [1.165, 1.54) is 23.1 Å². The smallest absolute Gasteiger partial charge is 0.237 e. The highest BCUT2D eigenvalue weighted by atomic mass is 32.2. The second-order valence-corrected chi connectivity index (χ2v) is 6.52. The Labute approximate surface area is 130 Å². The zero-order valence-electron chi connectivity index (χ0n) is 11.9. The topological polar surface area (TPSA) is 92.9 Å². The van der Waals surface area contributed by atoms with E-state index in [1.807, 2.05) is 0 Å². The van der Waals surface area contributed by atoms with Gasteiger partial charge in [0.1, 0.15) is 0 Å². The highest BCUT2D eigenvalue weighted by Gasteiger charge is 2.10. The number of aryl methyl sites for hydroxylation is 1. The van der Waals surface area contributed by atoms with Crippen molar-refractivity contribution < 1.29 is 9.32 Å². The molecule has 2 N–H and O–H groups in total. The van der Waals surface area contributed by atoms with Crippen molar-refractivity contribution in [2.75, 3.05) is 22.9 Å². The minimum atomic E-state index is -0.160. The maximum Gasteiger partial charge on any atom is 0.237 e. The van der Waals surface area contributed by atoms with Gasteiger partial charge >= 0.3 is 0 Å². The number of hydrogen-bond donors (Lipinski definition) is 2. The first-order valence-electron chi connectivity index (χ1n) is 6.60. The summed E-state index contributed by atoms with van der Waals surface area (Å²) in [7, 11) is 0. The number of nitrogens with one attached hydrogen (secondary N) is 2. The first kappa shape index (κ1) is 15.8. The minimum Gasteiger partial charge on any atom is -0.360 e. The van der Waals surface area contributed by atoms with Gasteiger partial charge < -0.3 is 9.84 Å². The molecule has 1 amide bonds. The molecule has 0 spiro atoms. The molecule has 2 aromatic heterocycles. The summed E-state index contributed by atoms with van der Waals surface area (Å²) in [6.07, 6.45) is 2.23. The molecule has 0 aliphatic carbocycles. The molecule has 2 aromatic rings. The lowest BCUT2D eigenvalue weighted by Gasteiger charge is -1.99. The molecule has 0 aliphatic rings. The molecule has 114 valence electrons. The largest absolute Gasteiger partial charge is 0.360 e. The van der Waals surface area contributed by atoms with Gasteiger partial charge in [-0.05, 0) is 13.3 Å². The Morgan fingerprint density at radius 1 is 1.48 bits per heavy atom. The second kappa shape index (κ2) is 7.99. The van der Waals surface area contributed by atoms with Crippen LogP contribution in [0.3, 0.4) is 0 Å². The Morgan fingerprint density at radius 2 is 2.33 bits per heavy atom. The minimum absolute atomic E-state index is 0.160. The number of amides is 1. The van der Waals surface area contributed by atoms with Gasteiger partial charge in [0, 0.05) is 12.6 Å². The molecule has 0 radical (unpaired) electrons. The van der Waals surface area contributed by atoms with E-state index in [0.29, 0.717) is 5.88 Å². The van der Waals surface area contributed by atoms with Crippen LogP contribution in [0, 0.1) is 6.92 Å². The lowest BCUT2D eigenvalue weighted by molar-refractivity contribution is -0.113. The van der Waals surface area contributed by atoms with Crippen molar-refractivity contribution in [1.82, 2.24) is 15.4 Å². The summed E-state index contributed by atoms with van der Waals surface area (Å²) >= 11 is 2.79. The molecule has 2 heterocycles. The second-order valence-electron chi connectivity index (χ2n) is 4.32. The highest BCUT2D eigenvalue weighted by Crippen LogP contribution is 2.25. The third kappa shape index (κ3) is 5.35. The number of rotatable bonds is 8. The Kier molecular flexibility index (Phi) is 6.00. The van der Waals surface area contributed by atoms with Crippen molar-refractivity contribution in [2.24, 2.45) is 0 Å². The van der Waals surface area contributed by atoms with Gasteiger partial charge in [0.25, 0.3) is 0 Å². The Bertz CT molecular complexity index is 584. The molecule has 0 aromatic carbocycles. The fraction of sp³-hybridized carbons (Fsp3) is 0.500. The van der Waals surface area contributed by atoms with E-state index >= 15 is 0 Å². The standard InChI is InChI=1S/C12H17N5O2S2/c1-3-4-5-13-11-15-16-12(21-11)20-7-9(18)14-10-6-8(2)17-19-10/h6H,3-5,7H2,1-2H3,(H,13,15)(H,14,18). The first-order chi connectivity index (χ1) is 10.2. The van der Waals surface area contributed by atoms with Crippen molar-refractivity contribution in [3.63, 3.8) is 0 Å². The van der Waals surface area contributed by atoms with E-state index in [9.17, 15) is 4.79 Å². The number of unbranched alkanes of at least 4 members (excludes halogenated alkanes) is 1. The molecule has 0 bridgehead atoms. The van der Waals surface area contributed by atoms with Crippen LogP contribution in [0.4, 0.5) is 11.0 Å². The maximum absolute atomic E-state index is 11.7. The summed E-state index contributed by atoms with van der Waals surface area (Å²) in [5.74, 6) is 0.452. The molecule has 0 unspecified atom stereocenters. The average molecular weight is 327 g/mol. The summed E-state index contributed by atoms with van der Waals surface area (Å²) in [5, 5.41) is 18.4. The van der Waals surface area contributed by atoms with Gasteiger partial charge in [0.05, 0.1) is 11.4 Å². The number of nitrogens with zero attached hydrogens (tertiary/aromatic N) is 3. The van der Waals surface area contributed by atoms with Crippen LogP contribution in [0.1, 0.15) is 25.5 Å². The molecule has 7 nitrogen and oxygen atoms in total. The third-order valence-electron chi connectivity index (χ3n) is 2.43. The summed E-state index contributed by atoms with van der Waals surface area (Å²) < 4.78 is 5.68. The quantitative estimate of drug-likeness (QED) is 0.569. The van der Waals surface area contributed by atoms with E-state index < -0.39 is 0 Å². The molecule has 0 fully saturated rings. The van der Waals surface area contributed by atoms with Crippen molar-refractivity contribution in [2.45, 2.75) is 31.0 Å². The summed E-state index contributed by atoms with van der Waals surface area (Å²) in [6.45, 7) is 4.82. The van der Waals surface area contributed by atoms with Crippen LogP contribution in [-0.4, -0.2) is 33.6 Å². The Morgan fingerprint density at radius 3 is 3.05 bits per heavy atom. The molecule has 2 rings (SSSR count). The van der Waals surface area contributed by atoms with Gasteiger partial charge in [0.2, 0.25) is 16.9 Å². The Hall–Kier alpha value is -1.61. The van der Waals surface area contributed by atoms with Crippen LogP contribution >= 0.6 is 23.1 Å². The Balaban J connectivity index is 1.73. The van der Waals surface area contributed by atoms with Gasteiger partial charge in [-0.2, -0.15) is 0 Å². The number of aromatic nitrogens is 3. The molecule has 0 atom stereocenters. The predicted molar refractivity (Wildman–Crippen MR) is 83.9 cm³/mol. The first-order valence-corrected chi connectivity index (χ1v) is 8.41. The lowest BCUT2D eigenvalue weighted by Crippen LogP contribution is -2.13. The molecule has 0 saturated heterocycles. The molecule has 0 aliphatic heterocycles. The zero-order chi connectivity index (χ0) is 15.1. The number of anilines is 2. The van der Waals surface area contributed by atoms with Gasteiger partial charge in [-0.15, -0.1) is 10.2 Å². The number of hydrogen-bond acceptors (Lipinski definition) is 8. The zero-order valence-corrected chi connectivity index (χ0v) is 13.5. The molecule has 9 heteroatoms. The normalized spacial score (nSPS) is 10.6. The SMILES string of the molecule is CCCCNc1nnc(SCC(=O)Nc2cc(C)no2)s1. The summed E-state index contributed by atoms with van der Waals surface area (Å²) in [5.41, 5.74) is 0.727. The van der Waals surface area contributed by atoms with Crippen LogP contribution in [0.15, 0.2) is 14.9 Å². The fourth-order valence-corrected chi connectivity index (χ4v) is 3.01. The monoisotopic (exact) mass is 327 g/mol. The van der Waals surface area contributed by atoms with Crippen molar-refractivity contribution in [3.05, 3.63) is 11.8 Å². The number of carbonyl (C=O) groups excluding carboxylic acids is 1. The molecular weight excluding hydrogens is 310 g/mol. The van der Waals surface area contributed by atoms with E-state index in [1.54, 1.807) is 13.0 Å². The predicted octanol–water partition coefficient (Wildman–Crippen LogP) is 2.78. The summed E-state index contributed by atoms with van der Waals surface area (Å²) in [6, 6.07) is 1.67. The average Bonchev–Trinajstić information content (AvgIpc) is 3.06. The fourth-order valence-electron chi connectivity index (χ4n) is 1.43. The van der Waals surface area contributed by atoms with E-state index in [4.69, 9.17) is 4.52 Å². The van der Waals surface area contributed by atoms with Crippen LogP contribution in [0.5, 0.6) is 0 Å². The van der Waals surface area contributed by atoms with Crippen LogP contribution < -0.4 is 10.6 Å². The van der Waals surface area contributed by atoms with Gasteiger partial charge in [-0.1, -0.05) is 41.6 Å². The maximum atomic E-state index is 11.7. The van der Waals surface area contributed by atoms with Crippen LogP contribution in [0.2, 0.25) is 0 Å².